The summed E-state index contributed by atoms with van der Waals surface area (Å²) >= 11 is 0. The van der Waals surface area contributed by atoms with Crippen LogP contribution < -0.4 is 14.8 Å². The Morgan fingerprint density at radius 3 is 1.81 bits per heavy atom. The molecule has 162 valence electrons. The molecule has 1 aromatic heterocycles. The second-order valence-corrected chi connectivity index (χ2v) is 6.36. The van der Waals surface area contributed by atoms with Crippen molar-refractivity contribution >= 4 is 11.9 Å². The van der Waals surface area contributed by atoms with Gasteiger partial charge in [-0.1, -0.05) is 4.68 Å². The average Bonchev–Trinajstić information content (AvgIpc) is 2.72. The Morgan fingerprint density at radius 2 is 1.32 bits per heavy atom. The van der Waals surface area contributed by atoms with E-state index < -0.39 is 23.5 Å². The predicted molar refractivity (Wildman–Crippen MR) is 102 cm³/mol. The van der Waals surface area contributed by atoms with E-state index in [0.29, 0.717) is 29.3 Å². The van der Waals surface area contributed by atoms with Gasteiger partial charge < -0.3 is 4.74 Å². The summed E-state index contributed by atoms with van der Waals surface area (Å²) < 4.78 is 85.0. The normalized spacial score (nSPS) is 12.2. The first-order valence-electron chi connectivity index (χ1n) is 8.85. The maximum absolute atomic E-state index is 12.9. The van der Waals surface area contributed by atoms with Crippen LogP contribution in [0.2, 0.25) is 0 Å². The van der Waals surface area contributed by atoms with Crippen LogP contribution in [0.1, 0.15) is 16.7 Å². The smallest absolute Gasteiger partial charge is 0.416 e. The molecule has 0 spiro atoms. The third-order valence-electron chi connectivity index (χ3n) is 4.10. The van der Waals surface area contributed by atoms with Crippen LogP contribution in [0, 0.1) is 0 Å². The lowest BCUT2D eigenvalue weighted by Crippen LogP contribution is -2.41. The molecule has 10 heteroatoms. The maximum atomic E-state index is 12.9. The molecule has 0 aliphatic heterocycles. The van der Waals surface area contributed by atoms with E-state index in [0.717, 1.165) is 6.21 Å². The van der Waals surface area contributed by atoms with Gasteiger partial charge in [0.15, 0.2) is 0 Å². The summed E-state index contributed by atoms with van der Waals surface area (Å²) in [5.41, 5.74) is 0.127. The number of aliphatic imine (C=N–C) groups is 1. The minimum Gasteiger partial charge on any atom is -0.457 e. The molecule has 2 aromatic carbocycles. The van der Waals surface area contributed by atoms with E-state index in [1.165, 1.54) is 12.1 Å². The fourth-order valence-electron chi connectivity index (χ4n) is 2.57. The van der Waals surface area contributed by atoms with Gasteiger partial charge in [0.1, 0.15) is 11.5 Å². The maximum Gasteiger partial charge on any atom is 0.416 e. The summed E-state index contributed by atoms with van der Waals surface area (Å²) in [5.74, 6) is 1.06. The number of ether oxygens (including phenoxy) is 1. The molecule has 0 radical (unpaired) electrons. The van der Waals surface area contributed by atoms with Gasteiger partial charge in [0.2, 0.25) is 12.4 Å². The molecule has 0 atom stereocenters. The fourth-order valence-corrected chi connectivity index (χ4v) is 2.57. The van der Waals surface area contributed by atoms with Gasteiger partial charge in [-0.25, -0.2) is 0 Å². The standard InChI is InChI=1S/C21H16F6N3O/c1-28-30-8-6-19(7-9-30)31-18-4-2-17(3-5-18)29-13-14-10-15(20(22,23)24)12-16(11-14)21(25,26)27/h2-13,28H,1H3/q+1. The summed E-state index contributed by atoms with van der Waals surface area (Å²) in [6.45, 7) is 0. The number of nitrogens with zero attached hydrogens (tertiary/aromatic N) is 2. The third-order valence-corrected chi connectivity index (χ3v) is 4.10. The zero-order valence-electron chi connectivity index (χ0n) is 16.0. The topological polar surface area (TPSA) is 37.5 Å². The van der Waals surface area contributed by atoms with E-state index in [1.54, 1.807) is 48.4 Å². The molecule has 0 fully saturated rings. The summed E-state index contributed by atoms with van der Waals surface area (Å²) in [6, 6.07) is 11.0. The first kappa shape index (κ1) is 22.1. The SMILES string of the molecule is CN[n+]1ccc(Oc2ccc(N=Cc3cc(C(F)(F)F)cc(C(F)(F)F)c3)cc2)cc1. The quantitative estimate of drug-likeness (QED) is 0.313. The fraction of sp³-hybridized carbons (Fsp3) is 0.143. The van der Waals surface area contributed by atoms with Crippen molar-refractivity contribution < 1.29 is 35.8 Å². The van der Waals surface area contributed by atoms with Crippen molar-refractivity contribution in [3.63, 3.8) is 0 Å². The Hall–Kier alpha value is -3.56. The largest absolute Gasteiger partial charge is 0.457 e. The lowest BCUT2D eigenvalue weighted by atomic mass is 10.1. The lowest BCUT2D eigenvalue weighted by molar-refractivity contribution is -0.647. The van der Waals surface area contributed by atoms with E-state index in [9.17, 15) is 26.3 Å². The number of rotatable bonds is 5. The van der Waals surface area contributed by atoms with Crippen LogP contribution in [-0.4, -0.2) is 13.3 Å². The molecule has 0 amide bonds. The van der Waals surface area contributed by atoms with Gasteiger partial charge in [0.25, 0.3) is 0 Å². The second-order valence-electron chi connectivity index (χ2n) is 6.36. The molecule has 3 rings (SSSR count). The molecular formula is C21H16F6N3O+. The highest BCUT2D eigenvalue weighted by molar-refractivity contribution is 5.82. The van der Waals surface area contributed by atoms with Crippen molar-refractivity contribution in [3.05, 3.63) is 83.7 Å². The zero-order chi connectivity index (χ0) is 22.6. The number of halogens is 6. The van der Waals surface area contributed by atoms with Gasteiger partial charge in [-0.2, -0.15) is 31.8 Å². The van der Waals surface area contributed by atoms with Gasteiger partial charge in [-0.15, -0.1) is 0 Å². The molecule has 1 heterocycles. The second kappa shape index (κ2) is 8.66. The first-order chi connectivity index (χ1) is 14.5. The molecule has 0 bridgehead atoms. The molecule has 0 unspecified atom stereocenters. The van der Waals surface area contributed by atoms with Gasteiger partial charge in [-0.3, -0.25) is 4.99 Å². The van der Waals surface area contributed by atoms with Crippen molar-refractivity contribution in [2.24, 2.45) is 4.99 Å². The third kappa shape index (κ3) is 5.97. The van der Waals surface area contributed by atoms with Crippen LogP contribution in [0.15, 0.2) is 72.0 Å². The van der Waals surface area contributed by atoms with Crippen LogP contribution in [-0.2, 0) is 12.4 Å². The van der Waals surface area contributed by atoms with E-state index in [4.69, 9.17) is 4.74 Å². The van der Waals surface area contributed by atoms with E-state index in [1.807, 2.05) is 0 Å². The molecule has 0 saturated heterocycles. The Kier molecular flexibility index (Phi) is 6.19. The molecule has 0 aliphatic carbocycles. The van der Waals surface area contributed by atoms with Crippen LogP contribution in [0.5, 0.6) is 11.5 Å². The number of aromatic nitrogens is 1. The molecular weight excluding hydrogens is 424 g/mol. The predicted octanol–water partition coefficient (Wildman–Crippen LogP) is 5.73. The Bertz CT molecular complexity index is 1030. The van der Waals surface area contributed by atoms with E-state index >= 15 is 0 Å². The monoisotopic (exact) mass is 440 g/mol. The molecule has 1 N–H and O–H groups in total. The van der Waals surface area contributed by atoms with Gasteiger partial charge in [0.05, 0.1) is 23.9 Å². The van der Waals surface area contributed by atoms with Crippen molar-refractivity contribution in [1.29, 1.82) is 0 Å². The van der Waals surface area contributed by atoms with Crippen LogP contribution >= 0.6 is 0 Å². The van der Waals surface area contributed by atoms with Crippen LogP contribution in [0.3, 0.4) is 0 Å². The van der Waals surface area contributed by atoms with Crippen molar-refractivity contribution in [2.75, 3.05) is 12.5 Å². The number of benzene rings is 2. The van der Waals surface area contributed by atoms with Gasteiger partial charge in [0, 0.05) is 18.3 Å². The van der Waals surface area contributed by atoms with E-state index in [-0.39, 0.29) is 11.6 Å². The van der Waals surface area contributed by atoms with Crippen LogP contribution in [0.25, 0.3) is 0 Å². The number of nitrogens with one attached hydrogen (secondary N) is 1. The first-order valence-corrected chi connectivity index (χ1v) is 8.85. The number of alkyl halides is 6. The highest BCUT2D eigenvalue weighted by Crippen LogP contribution is 2.36. The van der Waals surface area contributed by atoms with Crippen LogP contribution in [0.4, 0.5) is 32.0 Å². The highest BCUT2D eigenvalue weighted by atomic mass is 19.4. The van der Waals surface area contributed by atoms with E-state index in [2.05, 4.69) is 10.4 Å². The summed E-state index contributed by atoms with van der Waals surface area (Å²) in [7, 11) is 1.75. The lowest BCUT2D eigenvalue weighted by Gasteiger charge is -2.12. The van der Waals surface area contributed by atoms with Crippen molar-refractivity contribution in [1.82, 2.24) is 0 Å². The molecule has 4 nitrogen and oxygen atoms in total. The Morgan fingerprint density at radius 1 is 0.806 bits per heavy atom. The summed E-state index contributed by atoms with van der Waals surface area (Å²) in [6.07, 6.45) is -5.37. The Balaban J connectivity index is 1.78. The zero-order valence-corrected chi connectivity index (χ0v) is 16.0. The number of hydrogen-bond acceptors (Lipinski definition) is 3. The minimum absolute atomic E-state index is 0.0745. The molecule has 0 saturated carbocycles. The van der Waals surface area contributed by atoms with Gasteiger partial charge >= 0.3 is 12.4 Å². The highest BCUT2D eigenvalue weighted by Gasteiger charge is 2.36. The minimum atomic E-state index is -4.91. The number of hydrogen-bond donors (Lipinski definition) is 1. The van der Waals surface area contributed by atoms with Crippen molar-refractivity contribution in [2.45, 2.75) is 12.4 Å². The Labute approximate surface area is 173 Å². The molecule has 31 heavy (non-hydrogen) atoms. The molecule has 0 aliphatic rings. The summed E-state index contributed by atoms with van der Waals surface area (Å²) in [5, 5.41) is 0. The summed E-state index contributed by atoms with van der Waals surface area (Å²) in [4.78, 5) is 3.97. The van der Waals surface area contributed by atoms with Crippen molar-refractivity contribution in [3.8, 4) is 11.5 Å². The average molecular weight is 440 g/mol. The molecule has 3 aromatic rings. The number of pyridine rings is 1. The van der Waals surface area contributed by atoms with Gasteiger partial charge in [-0.05, 0) is 48.0 Å².